The molecule has 0 radical (unpaired) electrons. The number of nitrogens with zero attached hydrogens (tertiary/aromatic N) is 2. The molecule has 2 aromatic rings. The number of rotatable bonds is 3. The van der Waals surface area contributed by atoms with Crippen molar-refractivity contribution in [2.75, 3.05) is 4.72 Å². The van der Waals surface area contributed by atoms with Crippen LogP contribution in [0.4, 0.5) is 5.69 Å². The van der Waals surface area contributed by atoms with Gasteiger partial charge in [-0.3, -0.25) is 9.40 Å². The van der Waals surface area contributed by atoms with Crippen molar-refractivity contribution in [1.82, 2.24) is 9.78 Å². The highest BCUT2D eigenvalue weighted by Gasteiger charge is 2.25. The van der Waals surface area contributed by atoms with E-state index in [1.807, 2.05) is 0 Å². The second kappa shape index (κ2) is 8.36. The molecule has 8 heteroatoms. The summed E-state index contributed by atoms with van der Waals surface area (Å²) in [6, 6.07) is 3.11. The van der Waals surface area contributed by atoms with Gasteiger partial charge in [0, 0.05) is 18.5 Å². The summed E-state index contributed by atoms with van der Waals surface area (Å²) in [5.74, 6) is 6.75. The lowest BCUT2D eigenvalue weighted by Gasteiger charge is -2.15. The molecule has 0 saturated heterocycles. The predicted octanol–water partition coefficient (Wildman–Crippen LogP) is 5.08. The first-order valence-electron chi connectivity index (χ1n) is 9.22. The first-order valence-corrected chi connectivity index (χ1v) is 11.5. The van der Waals surface area contributed by atoms with Crippen LogP contribution in [0.15, 0.2) is 17.0 Å². The van der Waals surface area contributed by atoms with Crippen molar-refractivity contribution >= 4 is 38.9 Å². The third-order valence-electron chi connectivity index (χ3n) is 5.04. The Morgan fingerprint density at radius 3 is 2.29 bits per heavy atom. The molecule has 1 heterocycles. The summed E-state index contributed by atoms with van der Waals surface area (Å²) in [5, 5.41) is 4.32. The van der Waals surface area contributed by atoms with E-state index in [9.17, 15) is 8.42 Å². The smallest absolute Gasteiger partial charge is 0.264 e. The first kappa shape index (κ1) is 21.0. The van der Waals surface area contributed by atoms with E-state index in [0.717, 1.165) is 12.8 Å². The van der Waals surface area contributed by atoms with E-state index in [1.54, 1.807) is 37.7 Å². The zero-order valence-electron chi connectivity index (χ0n) is 16.1. The lowest BCUT2D eigenvalue weighted by molar-refractivity contribution is 0.430. The number of benzene rings is 1. The van der Waals surface area contributed by atoms with Crippen molar-refractivity contribution < 1.29 is 8.42 Å². The van der Waals surface area contributed by atoms with Crippen LogP contribution in [0.2, 0.25) is 10.0 Å². The highest BCUT2D eigenvalue weighted by atomic mass is 35.5. The molecule has 0 amide bonds. The van der Waals surface area contributed by atoms with Gasteiger partial charge in [0.05, 0.1) is 27.1 Å². The molecule has 1 aliphatic rings. The van der Waals surface area contributed by atoms with Gasteiger partial charge in [0.2, 0.25) is 0 Å². The van der Waals surface area contributed by atoms with Crippen LogP contribution in [-0.4, -0.2) is 18.2 Å². The van der Waals surface area contributed by atoms with Gasteiger partial charge in [-0.15, -0.1) is 0 Å². The molecule has 150 valence electrons. The van der Waals surface area contributed by atoms with Crippen molar-refractivity contribution in [2.24, 2.45) is 13.0 Å². The quantitative estimate of drug-likeness (QED) is 0.678. The second-order valence-electron chi connectivity index (χ2n) is 7.15. The largest absolute Gasteiger partial charge is 0.276 e. The van der Waals surface area contributed by atoms with Gasteiger partial charge >= 0.3 is 0 Å². The molecule has 0 unspecified atom stereocenters. The van der Waals surface area contributed by atoms with Gasteiger partial charge in [0.25, 0.3) is 10.0 Å². The van der Waals surface area contributed by atoms with Gasteiger partial charge < -0.3 is 0 Å². The molecule has 0 bridgehead atoms. The summed E-state index contributed by atoms with van der Waals surface area (Å²) in [6.07, 6.45) is 5.89. The minimum absolute atomic E-state index is 0.0483. The molecular formula is C20H23Cl2N3O2S. The Morgan fingerprint density at radius 1 is 1.14 bits per heavy atom. The Bertz CT molecular complexity index is 1040. The lowest BCUT2D eigenvalue weighted by atomic mass is 9.90. The van der Waals surface area contributed by atoms with Crippen LogP contribution < -0.4 is 4.72 Å². The van der Waals surface area contributed by atoms with Crippen molar-refractivity contribution in [3.05, 3.63) is 39.1 Å². The molecular weight excluding hydrogens is 417 g/mol. The van der Waals surface area contributed by atoms with E-state index in [1.165, 1.54) is 19.3 Å². The fourth-order valence-corrected chi connectivity index (χ4v) is 5.82. The van der Waals surface area contributed by atoms with Gasteiger partial charge in [-0.05, 0) is 38.8 Å². The maximum atomic E-state index is 12.9. The first-order chi connectivity index (χ1) is 13.2. The average Bonchev–Trinajstić information content (AvgIpc) is 2.86. The van der Waals surface area contributed by atoms with Crippen LogP contribution >= 0.6 is 23.2 Å². The van der Waals surface area contributed by atoms with Gasteiger partial charge in [0.1, 0.15) is 4.90 Å². The summed E-state index contributed by atoms with van der Waals surface area (Å²) in [4.78, 5) is -0.151. The van der Waals surface area contributed by atoms with Crippen LogP contribution in [-0.2, 0) is 17.1 Å². The number of hydrogen-bond donors (Lipinski definition) is 1. The van der Waals surface area contributed by atoms with Crippen LogP contribution in [0.5, 0.6) is 0 Å². The second-order valence-corrected chi connectivity index (χ2v) is 9.58. The van der Waals surface area contributed by atoms with Crippen LogP contribution in [0.25, 0.3) is 0 Å². The van der Waals surface area contributed by atoms with Gasteiger partial charge in [-0.25, -0.2) is 8.42 Å². The summed E-state index contributed by atoms with van der Waals surface area (Å²) in [5.41, 5.74) is 2.32. The Hall–Kier alpha value is -1.68. The molecule has 1 fully saturated rings. The SMILES string of the molecule is Cc1nn(C)c(C)c1NS(=O)(=O)c1c(Cl)cc(C#CC2CCCCC2)cc1Cl. The zero-order valence-corrected chi connectivity index (χ0v) is 18.5. The van der Waals surface area contributed by atoms with Crippen LogP contribution in [0, 0.1) is 31.6 Å². The predicted molar refractivity (Wildman–Crippen MR) is 113 cm³/mol. The number of aryl methyl sites for hydroxylation is 2. The Kier molecular flexibility index (Phi) is 6.28. The number of anilines is 1. The molecule has 5 nitrogen and oxygen atoms in total. The molecule has 1 saturated carbocycles. The molecule has 0 aliphatic heterocycles. The van der Waals surface area contributed by atoms with Crippen molar-refractivity contribution in [3.8, 4) is 11.8 Å². The average molecular weight is 440 g/mol. The fourth-order valence-electron chi connectivity index (χ4n) is 3.43. The fraction of sp³-hybridized carbons (Fsp3) is 0.450. The highest BCUT2D eigenvalue weighted by molar-refractivity contribution is 7.93. The Labute approximate surface area is 176 Å². The third-order valence-corrected chi connectivity index (χ3v) is 7.31. The van der Waals surface area contributed by atoms with E-state index in [-0.39, 0.29) is 14.9 Å². The molecule has 0 atom stereocenters. The zero-order chi connectivity index (χ0) is 20.5. The van der Waals surface area contributed by atoms with Crippen LogP contribution in [0.3, 0.4) is 0 Å². The van der Waals surface area contributed by atoms with E-state index in [0.29, 0.717) is 28.6 Å². The number of halogens is 2. The van der Waals surface area contributed by atoms with E-state index in [2.05, 4.69) is 21.7 Å². The molecule has 1 aliphatic carbocycles. The maximum absolute atomic E-state index is 12.9. The number of hydrogen-bond acceptors (Lipinski definition) is 3. The normalized spacial score (nSPS) is 15.2. The van der Waals surface area contributed by atoms with Crippen molar-refractivity contribution in [3.63, 3.8) is 0 Å². The van der Waals surface area contributed by atoms with Crippen molar-refractivity contribution in [1.29, 1.82) is 0 Å². The lowest BCUT2D eigenvalue weighted by Crippen LogP contribution is -2.15. The van der Waals surface area contributed by atoms with Gasteiger partial charge in [-0.1, -0.05) is 54.3 Å². The topological polar surface area (TPSA) is 64.0 Å². The molecule has 28 heavy (non-hydrogen) atoms. The van der Waals surface area contributed by atoms with E-state index >= 15 is 0 Å². The minimum Gasteiger partial charge on any atom is -0.276 e. The summed E-state index contributed by atoms with van der Waals surface area (Å²) < 4.78 is 30.0. The molecule has 1 N–H and O–H groups in total. The molecule has 3 rings (SSSR count). The van der Waals surface area contributed by atoms with Gasteiger partial charge in [-0.2, -0.15) is 5.10 Å². The number of sulfonamides is 1. The third kappa shape index (κ3) is 4.48. The van der Waals surface area contributed by atoms with Crippen LogP contribution in [0.1, 0.15) is 49.1 Å². The van der Waals surface area contributed by atoms with E-state index < -0.39 is 10.0 Å². The molecule has 1 aromatic carbocycles. The minimum atomic E-state index is -3.97. The van der Waals surface area contributed by atoms with Crippen molar-refractivity contribution in [2.45, 2.75) is 50.8 Å². The Balaban J connectivity index is 1.90. The highest BCUT2D eigenvalue weighted by Crippen LogP contribution is 2.33. The molecule has 0 spiro atoms. The number of aromatic nitrogens is 2. The monoisotopic (exact) mass is 439 g/mol. The van der Waals surface area contributed by atoms with Gasteiger partial charge in [0.15, 0.2) is 0 Å². The summed E-state index contributed by atoms with van der Waals surface area (Å²) in [7, 11) is -2.22. The summed E-state index contributed by atoms with van der Waals surface area (Å²) in [6.45, 7) is 3.52. The molecule has 1 aromatic heterocycles. The Morgan fingerprint density at radius 2 is 1.75 bits per heavy atom. The van der Waals surface area contributed by atoms with E-state index in [4.69, 9.17) is 23.2 Å². The standard InChI is InChI=1S/C20H23Cl2N3O2S/c1-13-19(14(2)25(3)23-13)24-28(26,27)20-17(21)11-16(12-18(20)22)10-9-15-7-5-4-6-8-15/h11-12,15,24H,4-8H2,1-3H3. The number of nitrogens with one attached hydrogen (secondary N) is 1. The summed E-state index contributed by atoms with van der Waals surface area (Å²) >= 11 is 12.6. The maximum Gasteiger partial charge on any atom is 0.264 e.